The van der Waals surface area contributed by atoms with Crippen LogP contribution in [0.3, 0.4) is 0 Å². The molecular weight excluding hydrogens is 270 g/mol. The zero-order valence-corrected chi connectivity index (χ0v) is 12.4. The van der Waals surface area contributed by atoms with E-state index in [1.165, 1.54) is 0 Å². The van der Waals surface area contributed by atoms with Crippen LogP contribution in [0.15, 0.2) is 28.7 Å². The summed E-state index contributed by atoms with van der Waals surface area (Å²) < 4.78 is 10.9. The smallest absolute Gasteiger partial charge is 0.339 e. The summed E-state index contributed by atoms with van der Waals surface area (Å²) in [5, 5.41) is 13.4. The van der Waals surface area contributed by atoms with Crippen molar-refractivity contribution in [3.8, 4) is 0 Å². The second kappa shape index (κ2) is 7.24. The number of hydrogen-bond acceptors (Lipinski definition) is 4. The summed E-state index contributed by atoms with van der Waals surface area (Å²) in [6.07, 6.45) is 2.00. The van der Waals surface area contributed by atoms with Crippen LogP contribution in [0.1, 0.15) is 35.9 Å². The van der Waals surface area contributed by atoms with Gasteiger partial charge in [0, 0.05) is 18.5 Å². The number of fused-ring (bicyclic) bond motifs is 1. The summed E-state index contributed by atoms with van der Waals surface area (Å²) in [7, 11) is 1.66. The molecule has 0 aliphatic carbocycles. The van der Waals surface area contributed by atoms with Gasteiger partial charge in [-0.2, -0.15) is 0 Å². The van der Waals surface area contributed by atoms with E-state index in [1.807, 2.05) is 12.1 Å². The first-order valence-electron chi connectivity index (χ1n) is 7.13. The van der Waals surface area contributed by atoms with E-state index in [0.29, 0.717) is 29.9 Å². The third-order valence-corrected chi connectivity index (χ3v) is 3.44. The number of methoxy groups -OCH3 is 1. The van der Waals surface area contributed by atoms with E-state index in [2.05, 4.69) is 12.2 Å². The molecule has 1 aromatic carbocycles. The highest BCUT2D eigenvalue weighted by Gasteiger charge is 2.20. The fourth-order valence-corrected chi connectivity index (χ4v) is 2.49. The number of rotatable bonds is 8. The van der Waals surface area contributed by atoms with Crippen LogP contribution < -0.4 is 5.32 Å². The molecule has 21 heavy (non-hydrogen) atoms. The van der Waals surface area contributed by atoms with Crippen LogP contribution in [0, 0.1) is 0 Å². The Kier molecular flexibility index (Phi) is 5.36. The van der Waals surface area contributed by atoms with Crippen LogP contribution in [-0.4, -0.2) is 30.8 Å². The maximum absolute atomic E-state index is 11.5. The van der Waals surface area contributed by atoms with Gasteiger partial charge in [-0.3, -0.25) is 0 Å². The van der Waals surface area contributed by atoms with Crippen molar-refractivity contribution in [3.63, 3.8) is 0 Å². The molecule has 2 N–H and O–H groups in total. The third kappa shape index (κ3) is 3.62. The van der Waals surface area contributed by atoms with Crippen LogP contribution in [0.25, 0.3) is 11.0 Å². The van der Waals surface area contributed by atoms with Gasteiger partial charge in [0.1, 0.15) is 16.9 Å². The quantitative estimate of drug-likeness (QED) is 0.782. The summed E-state index contributed by atoms with van der Waals surface area (Å²) in [6, 6.07) is 7.38. The fourth-order valence-electron chi connectivity index (χ4n) is 2.49. The lowest BCUT2D eigenvalue weighted by molar-refractivity contribution is 0.0696. The van der Waals surface area contributed by atoms with Gasteiger partial charge < -0.3 is 19.6 Å². The molecule has 114 valence electrons. The second-order valence-electron chi connectivity index (χ2n) is 5.02. The molecule has 2 rings (SSSR count). The van der Waals surface area contributed by atoms with Crippen molar-refractivity contribution in [1.29, 1.82) is 0 Å². The number of hydrogen-bond donors (Lipinski definition) is 2. The van der Waals surface area contributed by atoms with Crippen molar-refractivity contribution in [2.75, 3.05) is 13.7 Å². The Labute approximate surface area is 123 Å². The lowest BCUT2D eigenvalue weighted by Crippen LogP contribution is -2.32. The minimum Gasteiger partial charge on any atom is -0.478 e. The molecule has 0 saturated heterocycles. The number of furan rings is 1. The van der Waals surface area contributed by atoms with E-state index < -0.39 is 5.97 Å². The lowest BCUT2D eigenvalue weighted by atomic mass is 10.1. The highest BCUT2D eigenvalue weighted by molar-refractivity contribution is 6.03. The molecular formula is C16H21NO4. The Balaban J connectivity index is 2.21. The lowest BCUT2D eigenvalue weighted by Gasteiger charge is -2.16. The standard InChI is InChI=1S/C16H21NO4/c1-3-6-11(10-20-2)17-9-14-15(16(18)19)12-7-4-5-8-13(12)21-14/h4-5,7-8,11,17H,3,6,9-10H2,1-2H3,(H,18,19). The van der Waals surface area contributed by atoms with Crippen LogP contribution in [0.4, 0.5) is 0 Å². The average Bonchev–Trinajstić information content (AvgIpc) is 2.83. The number of ether oxygens (including phenoxy) is 1. The van der Waals surface area contributed by atoms with Gasteiger partial charge in [-0.1, -0.05) is 31.5 Å². The minimum atomic E-state index is -0.962. The molecule has 1 unspecified atom stereocenters. The number of benzene rings is 1. The molecule has 0 aliphatic rings. The minimum absolute atomic E-state index is 0.190. The predicted molar refractivity (Wildman–Crippen MR) is 80.6 cm³/mol. The molecule has 0 aliphatic heterocycles. The summed E-state index contributed by atoms with van der Waals surface area (Å²) in [6.45, 7) is 3.08. The van der Waals surface area contributed by atoms with Gasteiger partial charge in [-0.25, -0.2) is 4.79 Å². The SMILES string of the molecule is CCCC(COC)NCc1oc2ccccc2c1C(=O)O. The summed E-state index contributed by atoms with van der Waals surface area (Å²) in [4.78, 5) is 11.5. The number of aromatic carboxylic acids is 1. The van der Waals surface area contributed by atoms with E-state index >= 15 is 0 Å². The zero-order chi connectivity index (χ0) is 15.2. The fraction of sp³-hybridized carbons (Fsp3) is 0.438. The summed E-state index contributed by atoms with van der Waals surface area (Å²) >= 11 is 0. The first-order valence-corrected chi connectivity index (χ1v) is 7.13. The maximum Gasteiger partial charge on any atom is 0.339 e. The monoisotopic (exact) mass is 291 g/mol. The van der Waals surface area contributed by atoms with Gasteiger partial charge in [0.2, 0.25) is 0 Å². The Morgan fingerprint density at radius 1 is 1.43 bits per heavy atom. The van der Waals surface area contributed by atoms with Gasteiger partial charge in [0.05, 0.1) is 13.2 Å². The van der Waals surface area contributed by atoms with Crippen molar-refractivity contribution in [2.24, 2.45) is 0 Å². The molecule has 1 heterocycles. The van der Waals surface area contributed by atoms with Gasteiger partial charge in [-0.15, -0.1) is 0 Å². The molecule has 0 radical (unpaired) electrons. The van der Waals surface area contributed by atoms with E-state index in [-0.39, 0.29) is 11.6 Å². The van der Waals surface area contributed by atoms with E-state index in [9.17, 15) is 9.90 Å². The first-order chi connectivity index (χ1) is 10.2. The molecule has 1 aromatic heterocycles. The molecule has 0 fully saturated rings. The van der Waals surface area contributed by atoms with Gasteiger partial charge in [0.25, 0.3) is 0 Å². The molecule has 5 heteroatoms. The normalized spacial score (nSPS) is 12.7. The molecule has 0 amide bonds. The maximum atomic E-state index is 11.5. The van der Waals surface area contributed by atoms with Gasteiger partial charge >= 0.3 is 5.97 Å². The number of carbonyl (C=O) groups is 1. The average molecular weight is 291 g/mol. The first kappa shape index (κ1) is 15.5. The molecule has 1 atom stereocenters. The van der Waals surface area contributed by atoms with Gasteiger partial charge in [0.15, 0.2) is 0 Å². The van der Waals surface area contributed by atoms with Crippen molar-refractivity contribution >= 4 is 16.9 Å². The molecule has 2 aromatic rings. The molecule has 0 bridgehead atoms. The largest absolute Gasteiger partial charge is 0.478 e. The van der Waals surface area contributed by atoms with Crippen LogP contribution in [-0.2, 0) is 11.3 Å². The molecule has 5 nitrogen and oxygen atoms in total. The van der Waals surface area contributed by atoms with Crippen LogP contribution in [0.2, 0.25) is 0 Å². The Hall–Kier alpha value is -1.85. The Bertz CT molecular complexity index is 599. The van der Waals surface area contributed by atoms with Crippen molar-refractivity contribution < 1.29 is 19.1 Å². The molecule has 0 saturated carbocycles. The predicted octanol–water partition coefficient (Wildman–Crippen LogP) is 3.04. The highest BCUT2D eigenvalue weighted by Crippen LogP contribution is 2.26. The zero-order valence-electron chi connectivity index (χ0n) is 12.4. The second-order valence-corrected chi connectivity index (χ2v) is 5.02. The number of para-hydroxylation sites is 1. The topological polar surface area (TPSA) is 71.7 Å². The van der Waals surface area contributed by atoms with Crippen LogP contribution >= 0.6 is 0 Å². The number of carboxylic acid groups (broad SMARTS) is 1. The van der Waals surface area contributed by atoms with Crippen molar-refractivity contribution in [3.05, 3.63) is 35.6 Å². The number of carboxylic acids is 1. The van der Waals surface area contributed by atoms with E-state index in [0.717, 1.165) is 12.8 Å². The van der Waals surface area contributed by atoms with Crippen molar-refractivity contribution in [1.82, 2.24) is 5.32 Å². The van der Waals surface area contributed by atoms with Crippen molar-refractivity contribution in [2.45, 2.75) is 32.4 Å². The van der Waals surface area contributed by atoms with E-state index in [1.54, 1.807) is 19.2 Å². The number of nitrogens with one attached hydrogen (secondary N) is 1. The van der Waals surface area contributed by atoms with Gasteiger partial charge in [-0.05, 0) is 12.5 Å². The van der Waals surface area contributed by atoms with E-state index in [4.69, 9.17) is 9.15 Å². The Morgan fingerprint density at radius 2 is 2.19 bits per heavy atom. The summed E-state index contributed by atoms with van der Waals surface area (Å²) in [5.41, 5.74) is 0.844. The summed E-state index contributed by atoms with van der Waals surface area (Å²) in [5.74, 6) is -0.503. The Morgan fingerprint density at radius 3 is 2.86 bits per heavy atom. The third-order valence-electron chi connectivity index (χ3n) is 3.44. The highest BCUT2D eigenvalue weighted by atomic mass is 16.5. The molecule has 0 spiro atoms. The van der Waals surface area contributed by atoms with Crippen LogP contribution in [0.5, 0.6) is 0 Å².